The van der Waals surface area contributed by atoms with Crippen molar-refractivity contribution in [1.82, 2.24) is 15.2 Å². The Kier molecular flexibility index (Phi) is 3.07. The molecule has 6 nitrogen and oxygen atoms in total. The number of hydrogen-bond donors (Lipinski definition) is 2. The van der Waals surface area contributed by atoms with Gasteiger partial charge in [-0.2, -0.15) is 4.98 Å². The summed E-state index contributed by atoms with van der Waals surface area (Å²) in [5.41, 5.74) is 5.40. The summed E-state index contributed by atoms with van der Waals surface area (Å²) in [5.74, 6) is 1.02. The number of anilines is 2. The molecule has 0 atom stereocenters. The molecule has 0 aliphatic carbocycles. The highest BCUT2D eigenvalue weighted by atomic mass is 16.5. The number of nitrogens with one attached hydrogen (secondary N) is 1. The molecular formula is C7H15N5O. The lowest BCUT2D eigenvalue weighted by molar-refractivity contribution is 0.122. The number of hydrogen-bond acceptors (Lipinski definition) is 5. The number of aromatic nitrogens is 3. The van der Waals surface area contributed by atoms with Gasteiger partial charge in [-0.25, -0.2) is 5.10 Å². The summed E-state index contributed by atoms with van der Waals surface area (Å²) in [4.78, 5) is 6.05. The molecule has 0 amide bonds. The van der Waals surface area contributed by atoms with E-state index < -0.39 is 0 Å². The predicted molar refractivity (Wildman–Crippen MR) is 50.6 cm³/mol. The number of nitrogen functional groups attached to an aromatic ring is 1. The number of nitrogens with two attached hydrogens (primary N) is 1. The van der Waals surface area contributed by atoms with Crippen LogP contribution >= 0.6 is 0 Å². The second-order valence-corrected chi connectivity index (χ2v) is 2.62. The van der Waals surface area contributed by atoms with E-state index in [1.807, 2.05) is 4.90 Å². The van der Waals surface area contributed by atoms with E-state index in [9.17, 15) is 0 Å². The molecule has 74 valence electrons. The van der Waals surface area contributed by atoms with Gasteiger partial charge in [0.1, 0.15) is 0 Å². The van der Waals surface area contributed by atoms with Crippen LogP contribution in [-0.4, -0.2) is 41.5 Å². The third kappa shape index (κ3) is 2.09. The Morgan fingerprint density at radius 3 is 2.62 bits per heavy atom. The van der Waals surface area contributed by atoms with E-state index >= 15 is 0 Å². The molecule has 1 aliphatic rings. The standard InChI is InChI=1S/C6H11N5O.CH4/c7-5-8-6(10-9-5)11-1-3-12-4-2-11;/h1-4H2,(H3,7,8,9,10);1H4. The minimum absolute atomic E-state index is 0. The molecule has 1 aromatic rings. The molecule has 0 radical (unpaired) electrons. The molecule has 2 heterocycles. The van der Waals surface area contributed by atoms with Gasteiger partial charge < -0.3 is 15.4 Å². The van der Waals surface area contributed by atoms with Crippen LogP contribution in [0.1, 0.15) is 7.43 Å². The minimum Gasteiger partial charge on any atom is -0.378 e. The number of aromatic amines is 1. The van der Waals surface area contributed by atoms with Crippen LogP contribution in [0.15, 0.2) is 0 Å². The van der Waals surface area contributed by atoms with Gasteiger partial charge in [-0.15, -0.1) is 5.10 Å². The maximum absolute atomic E-state index is 5.40. The first-order valence-electron chi connectivity index (χ1n) is 3.87. The van der Waals surface area contributed by atoms with Gasteiger partial charge in [0.2, 0.25) is 11.9 Å². The highest BCUT2D eigenvalue weighted by molar-refractivity contribution is 5.33. The zero-order valence-corrected chi connectivity index (χ0v) is 6.66. The number of rotatable bonds is 1. The van der Waals surface area contributed by atoms with Crippen molar-refractivity contribution in [3.05, 3.63) is 0 Å². The largest absolute Gasteiger partial charge is 0.378 e. The average molecular weight is 185 g/mol. The first-order chi connectivity index (χ1) is 5.86. The van der Waals surface area contributed by atoms with Gasteiger partial charge in [0.25, 0.3) is 0 Å². The van der Waals surface area contributed by atoms with Crippen LogP contribution in [0.25, 0.3) is 0 Å². The second-order valence-electron chi connectivity index (χ2n) is 2.62. The van der Waals surface area contributed by atoms with Gasteiger partial charge >= 0.3 is 0 Å². The fourth-order valence-corrected chi connectivity index (χ4v) is 1.17. The molecule has 3 N–H and O–H groups in total. The molecule has 1 saturated heterocycles. The van der Waals surface area contributed by atoms with Crippen molar-refractivity contribution >= 4 is 11.9 Å². The summed E-state index contributed by atoms with van der Waals surface area (Å²) in [6.07, 6.45) is 0. The topological polar surface area (TPSA) is 80.1 Å². The zero-order chi connectivity index (χ0) is 8.39. The lowest BCUT2D eigenvalue weighted by atomic mass is 10.4. The van der Waals surface area contributed by atoms with Gasteiger partial charge in [-0.3, -0.25) is 0 Å². The SMILES string of the molecule is C.Nc1nc(N2CCOCC2)n[nH]1. The van der Waals surface area contributed by atoms with E-state index in [1.54, 1.807) is 0 Å². The first kappa shape index (κ1) is 9.79. The molecule has 1 aromatic heterocycles. The van der Waals surface area contributed by atoms with Crippen molar-refractivity contribution in [2.45, 2.75) is 7.43 Å². The summed E-state index contributed by atoms with van der Waals surface area (Å²) in [7, 11) is 0. The van der Waals surface area contributed by atoms with E-state index in [4.69, 9.17) is 10.5 Å². The number of nitrogens with zero attached hydrogens (tertiary/aromatic N) is 3. The normalized spacial score (nSPS) is 16.8. The summed E-state index contributed by atoms with van der Waals surface area (Å²) in [5, 5.41) is 6.55. The molecule has 1 aliphatic heterocycles. The molecule has 13 heavy (non-hydrogen) atoms. The van der Waals surface area contributed by atoms with Crippen LogP contribution in [0, 0.1) is 0 Å². The highest BCUT2D eigenvalue weighted by Gasteiger charge is 2.14. The second kappa shape index (κ2) is 4.08. The van der Waals surface area contributed by atoms with Gasteiger partial charge in [0.05, 0.1) is 13.2 Å². The van der Waals surface area contributed by atoms with Gasteiger partial charge in [0.15, 0.2) is 0 Å². The molecule has 0 saturated carbocycles. The highest BCUT2D eigenvalue weighted by Crippen LogP contribution is 2.09. The number of H-pyrrole nitrogens is 1. The summed E-state index contributed by atoms with van der Waals surface area (Å²) < 4.78 is 5.19. The van der Waals surface area contributed by atoms with Gasteiger partial charge in [-0.05, 0) is 0 Å². The van der Waals surface area contributed by atoms with Crippen molar-refractivity contribution in [2.75, 3.05) is 36.9 Å². The maximum atomic E-state index is 5.40. The quantitative estimate of drug-likeness (QED) is 0.636. The molecule has 1 fully saturated rings. The van der Waals surface area contributed by atoms with E-state index in [0.29, 0.717) is 11.9 Å². The predicted octanol–water partition coefficient (Wildman–Crippen LogP) is -0.140. The van der Waals surface area contributed by atoms with Crippen molar-refractivity contribution in [3.8, 4) is 0 Å². The summed E-state index contributed by atoms with van der Waals surface area (Å²) in [6.45, 7) is 3.12. The maximum Gasteiger partial charge on any atom is 0.246 e. The smallest absolute Gasteiger partial charge is 0.246 e. The van der Waals surface area contributed by atoms with E-state index in [1.165, 1.54) is 0 Å². The zero-order valence-electron chi connectivity index (χ0n) is 6.66. The van der Waals surface area contributed by atoms with Crippen molar-refractivity contribution in [2.24, 2.45) is 0 Å². The third-order valence-corrected chi connectivity index (χ3v) is 1.78. The Morgan fingerprint density at radius 2 is 2.08 bits per heavy atom. The molecule has 0 unspecified atom stereocenters. The van der Waals surface area contributed by atoms with Crippen LogP contribution in [0.5, 0.6) is 0 Å². The summed E-state index contributed by atoms with van der Waals surface area (Å²) >= 11 is 0. The van der Waals surface area contributed by atoms with Crippen LogP contribution in [0.2, 0.25) is 0 Å². The van der Waals surface area contributed by atoms with E-state index in [0.717, 1.165) is 26.3 Å². The fourth-order valence-electron chi connectivity index (χ4n) is 1.17. The number of morpholine rings is 1. The minimum atomic E-state index is 0. The van der Waals surface area contributed by atoms with Crippen molar-refractivity contribution in [3.63, 3.8) is 0 Å². The molecule has 0 bridgehead atoms. The van der Waals surface area contributed by atoms with Crippen molar-refractivity contribution in [1.29, 1.82) is 0 Å². The first-order valence-corrected chi connectivity index (χ1v) is 3.87. The van der Waals surface area contributed by atoms with Crippen molar-refractivity contribution < 1.29 is 4.74 Å². The van der Waals surface area contributed by atoms with Crippen LogP contribution in [0.4, 0.5) is 11.9 Å². The fraction of sp³-hybridized carbons (Fsp3) is 0.714. The Labute approximate surface area is 77.1 Å². The average Bonchev–Trinajstić information content (AvgIpc) is 2.54. The third-order valence-electron chi connectivity index (χ3n) is 1.78. The van der Waals surface area contributed by atoms with Crippen LogP contribution in [-0.2, 0) is 4.74 Å². The Balaban J connectivity index is 0.000000845. The van der Waals surface area contributed by atoms with Gasteiger partial charge in [-0.1, -0.05) is 7.43 Å². The Bertz CT molecular complexity index is 255. The Morgan fingerprint density at radius 1 is 1.38 bits per heavy atom. The number of ether oxygens (including phenoxy) is 1. The van der Waals surface area contributed by atoms with E-state index in [-0.39, 0.29) is 7.43 Å². The molecule has 6 heteroatoms. The molecule has 0 spiro atoms. The summed E-state index contributed by atoms with van der Waals surface area (Å²) in [6, 6.07) is 0. The molecule has 0 aromatic carbocycles. The van der Waals surface area contributed by atoms with Gasteiger partial charge in [0, 0.05) is 13.1 Å². The van der Waals surface area contributed by atoms with Crippen LogP contribution in [0.3, 0.4) is 0 Å². The molecular weight excluding hydrogens is 170 g/mol. The molecule has 2 rings (SSSR count). The monoisotopic (exact) mass is 185 g/mol. The van der Waals surface area contributed by atoms with Crippen LogP contribution < -0.4 is 10.6 Å². The lowest BCUT2D eigenvalue weighted by Gasteiger charge is -2.25. The van der Waals surface area contributed by atoms with E-state index in [2.05, 4.69) is 15.2 Å². The lowest BCUT2D eigenvalue weighted by Crippen LogP contribution is -2.36. The Hall–Kier alpha value is -1.30.